The van der Waals surface area contributed by atoms with E-state index in [4.69, 9.17) is 0 Å². The number of nitrogens with one attached hydrogen (secondary N) is 2. The molecule has 0 unspecified atom stereocenters. The number of carboxylic acid groups (broad SMARTS) is 2. The average Bonchev–Trinajstić information content (AvgIpc) is 1.66. The van der Waals surface area contributed by atoms with E-state index in [2.05, 4.69) is 20.6 Å². The molecule has 3 saturated heterocycles. The molecule has 12 rings (SSSR count). The molecule has 6 aliphatic rings. The molecular weight excluding hydrogens is 1140 g/mol. The molecule has 0 spiro atoms. The summed E-state index contributed by atoms with van der Waals surface area (Å²) in [6.07, 6.45) is -7.75. The maximum atomic E-state index is 15.0. The Bertz CT molecular complexity index is 3730. The number of rotatable bonds is 10. The summed E-state index contributed by atoms with van der Waals surface area (Å²) in [5.74, 6) is -5.07. The number of likely N-dealkylation sites (tertiary alicyclic amines) is 3. The zero-order valence-electron chi connectivity index (χ0n) is 45.5. The van der Waals surface area contributed by atoms with Gasteiger partial charge >= 0.3 is 42.5 Å². The first-order valence-electron chi connectivity index (χ1n) is 28.1. The van der Waals surface area contributed by atoms with Gasteiger partial charge in [0.1, 0.15) is 0 Å². The van der Waals surface area contributed by atoms with Crippen molar-refractivity contribution in [2.45, 2.75) is 62.5 Å². The molecule has 6 aromatic rings. The first-order valence-corrected chi connectivity index (χ1v) is 28.1. The quantitative estimate of drug-likeness (QED) is 0.0969. The lowest BCUT2D eigenvalue weighted by molar-refractivity contribution is -0.139. The number of anilines is 2. The molecule has 5 amide bonds. The smallest absolute Gasteiger partial charge is 0.416 e. The fourth-order valence-corrected chi connectivity index (χ4v) is 14.4. The minimum atomic E-state index is -4.83. The first kappa shape index (κ1) is 57.7. The molecule has 1 aromatic heterocycles. The van der Waals surface area contributed by atoms with Gasteiger partial charge in [-0.1, -0.05) is 60.7 Å². The van der Waals surface area contributed by atoms with E-state index < -0.39 is 71.1 Å². The highest BCUT2D eigenvalue weighted by atomic mass is 19.4. The molecule has 23 heteroatoms. The first-order chi connectivity index (χ1) is 40.8. The molecule has 5 aromatic carbocycles. The van der Waals surface area contributed by atoms with Crippen LogP contribution in [0.4, 0.5) is 60.5 Å². The third kappa shape index (κ3) is 11.2. The van der Waals surface area contributed by atoms with E-state index in [0.717, 1.165) is 18.2 Å². The van der Waals surface area contributed by atoms with Crippen LogP contribution in [0, 0.1) is 35.5 Å². The average molecular weight is 1190 g/mol. The number of hydrogen-bond acceptors (Lipinski definition) is 7. The summed E-state index contributed by atoms with van der Waals surface area (Å²) >= 11 is 0. The Labute approximate surface area is 485 Å². The van der Waals surface area contributed by atoms with Crippen molar-refractivity contribution in [3.8, 4) is 22.3 Å². The molecule has 8 atom stereocenters. The van der Waals surface area contributed by atoms with Gasteiger partial charge in [0.25, 0.3) is 5.91 Å². The number of hydrogen-bond donors (Lipinski definition) is 4. The van der Waals surface area contributed by atoms with Gasteiger partial charge in [-0.15, -0.1) is 0 Å². The van der Waals surface area contributed by atoms with E-state index in [9.17, 15) is 60.5 Å². The molecule has 86 heavy (non-hydrogen) atoms. The van der Waals surface area contributed by atoms with Gasteiger partial charge in [-0.3, -0.25) is 4.79 Å². The number of nitrogens with zero attached hydrogens (tertiary/aromatic N) is 5. The number of allylic oxidation sites excluding steroid dienone is 1. The molecule has 4 heterocycles. The normalized spacial score (nSPS) is 23.5. The number of aromatic nitrogens is 2. The van der Waals surface area contributed by atoms with Gasteiger partial charge in [-0.05, 0) is 172 Å². The lowest BCUT2D eigenvalue weighted by Crippen LogP contribution is -2.34. The summed E-state index contributed by atoms with van der Waals surface area (Å²) in [6, 6.07) is 21.0. The van der Waals surface area contributed by atoms with Crippen molar-refractivity contribution in [1.82, 2.24) is 24.7 Å². The second-order valence-electron chi connectivity index (χ2n) is 23.4. The maximum absolute atomic E-state index is 15.0. The summed E-state index contributed by atoms with van der Waals surface area (Å²) in [5, 5.41) is 25.6. The van der Waals surface area contributed by atoms with Crippen molar-refractivity contribution in [3.63, 3.8) is 0 Å². The minimum absolute atomic E-state index is 0.0173. The molecule has 3 aliphatic carbocycles. The minimum Gasteiger partial charge on any atom is -0.478 e. The van der Waals surface area contributed by atoms with E-state index in [1.54, 1.807) is 17.0 Å². The lowest BCUT2D eigenvalue weighted by atomic mass is 9.88. The van der Waals surface area contributed by atoms with E-state index in [0.29, 0.717) is 37.9 Å². The number of carbonyl (C=O) groups is 5. The number of urea groups is 2. The number of fused-ring (bicyclic) bond motifs is 3. The Morgan fingerprint density at radius 2 is 0.942 bits per heavy atom. The van der Waals surface area contributed by atoms with Crippen molar-refractivity contribution >= 4 is 46.9 Å². The van der Waals surface area contributed by atoms with Gasteiger partial charge in [0.15, 0.2) is 0 Å². The number of benzene rings is 5. The van der Waals surface area contributed by atoms with E-state index in [-0.39, 0.29) is 148 Å². The van der Waals surface area contributed by atoms with Gasteiger partial charge in [0, 0.05) is 51.7 Å². The van der Waals surface area contributed by atoms with Gasteiger partial charge in [-0.25, -0.2) is 29.1 Å². The third-order valence-electron chi connectivity index (χ3n) is 18.3. The Hall–Kier alpha value is -8.76. The van der Waals surface area contributed by atoms with Crippen LogP contribution in [0.1, 0.15) is 109 Å². The number of halogens is 9. The largest absolute Gasteiger partial charge is 0.478 e. The molecule has 0 bridgehead atoms. The number of carbonyl (C=O) groups excluding carboxylic acids is 3. The molecule has 5 fully saturated rings. The number of alkyl halides is 9. The Morgan fingerprint density at radius 3 is 1.48 bits per heavy atom. The Balaban J connectivity index is 0.690. The topological polar surface area (TPSA) is 185 Å². The van der Waals surface area contributed by atoms with Crippen molar-refractivity contribution in [2.75, 3.05) is 49.9 Å². The standard InChI is InChI=1S/C63H54F9N7O7/c64-61(65,66)50-5-2-1-4-45(50)36-16-41-28-78(29-42(41)17-36)59(85)75-53-13-9-32(22-49(53)58(83)84)33-6-10-46(51(23-33)62(67,68)69)38-20-43-30-79(31-44(43)21-38)60(86)76-54-25-35(8-12-48(54)57(81)82)34-7-11-47(52(24-34)63(70,71)72)37-18-39-26-77(27-40(39)19-37)56(80)55-73-14-3-15-74-55/h1-16,22-25,37-44H,17-21,26-31H2,(H,75,85)(H,76,86)(H,81,82)(H,83,84)/t37-,38-,39-,40+,41-,42+,43-,44+/m0/s1. The fourth-order valence-electron chi connectivity index (χ4n) is 14.4. The highest BCUT2D eigenvalue weighted by Crippen LogP contribution is 2.52. The lowest BCUT2D eigenvalue weighted by Gasteiger charge is -2.23. The SMILES string of the molecule is O=C(O)c1ccc(-c2ccc([C@@H]3C[C@@H]4CN(C(=O)c5ncccn5)C[C@@H]4C3)c(C(F)(F)F)c2)cc1NC(=O)N1C[C@H]2C[C@@H](c3ccc(-c4ccc(NC(=O)N5C[C@H]6CC(c7ccccc7C(F)(F)F)=C[C@H]6C5)c(C(=O)O)c4)cc3C(F)(F)F)C[C@H]2C1. The predicted octanol–water partition coefficient (Wildman–Crippen LogP) is 13.8. The van der Waals surface area contributed by atoms with Crippen LogP contribution in [0.25, 0.3) is 27.8 Å². The van der Waals surface area contributed by atoms with Crippen LogP contribution in [-0.4, -0.2) is 104 Å². The Morgan fingerprint density at radius 1 is 0.477 bits per heavy atom. The van der Waals surface area contributed by atoms with Crippen molar-refractivity contribution < 1.29 is 73.7 Å². The zero-order valence-corrected chi connectivity index (χ0v) is 45.5. The molecule has 0 radical (unpaired) electrons. The second-order valence-corrected chi connectivity index (χ2v) is 23.4. The van der Waals surface area contributed by atoms with Gasteiger partial charge < -0.3 is 35.5 Å². The van der Waals surface area contributed by atoms with Crippen molar-refractivity contribution in [1.29, 1.82) is 0 Å². The summed E-state index contributed by atoms with van der Waals surface area (Å²) in [7, 11) is 0. The zero-order chi connectivity index (χ0) is 60.7. The molecular formula is C63H54F9N7O7. The van der Waals surface area contributed by atoms with Crippen LogP contribution in [-0.2, 0) is 18.5 Å². The van der Waals surface area contributed by atoms with Gasteiger partial charge in [-0.2, -0.15) is 39.5 Å². The monoisotopic (exact) mass is 1190 g/mol. The van der Waals surface area contributed by atoms with Crippen LogP contribution < -0.4 is 10.6 Å². The van der Waals surface area contributed by atoms with Crippen molar-refractivity contribution in [3.05, 3.63) is 172 Å². The highest BCUT2D eigenvalue weighted by molar-refractivity contribution is 6.02. The van der Waals surface area contributed by atoms with Crippen LogP contribution in [0.2, 0.25) is 0 Å². The molecule has 2 saturated carbocycles. The van der Waals surface area contributed by atoms with Crippen molar-refractivity contribution in [2.24, 2.45) is 35.5 Å². The van der Waals surface area contributed by atoms with Crippen LogP contribution in [0.15, 0.2) is 122 Å². The summed E-state index contributed by atoms with van der Waals surface area (Å²) < 4.78 is 131. The summed E-state index contributed by atoms with van der Waals surface area (Å²) in [4.78, 5) is 78.0. The maximum Gasteiger partial charge on any atom is 0.416 e. The van der Waals surface area contributed by atoms with Crippen LogP contribution in [0.5, 0.6) is 0 Å². The second kappa shape index (κ2) is 21.9. The van der Waals surface area contributed by atoms with E-state index in [1.165, 1.54) is 101 Å². The Kier molecular flexibility index (Phi) is 14.7. The number of carboxylic acids is 2. The molecule has 4 N–H and O–H groups in total. The van der Waals surface area contributed by atoms with Crippen LogP contribution in [0.3, 0.4) is 0 Å². The highest BCUT2D eigenvalue weighted by Gasteiger charge is 2.48. The summed E-state index contributed by atoms with van der Waals surface area (Å²) in [6.45, 7) is 1.37. The summed E-state index contributed by atoms with van der Waals surface area (Å²) in [5.41, 5.74) is -2.23. The number of aromatic carboxylic acids is 2. The number of amides is 5. The molecule has 3 aliphatic heterocycles. The van der Waals surface area contributed by atoms with Gasteiger partial charge in [0.05, 0.1) is 39.2 Å². The molecule has 14 nitrogen and oxygen atoms in total. The third-order valence-corrected chi connectivity index (χ3v) is 18.3. The van der Waals surface area contributed by atoms with E-state index >= 15 is 13.2 Å². The van der Waals surface area contributed by atoms with Gasteiger partial charge in [0.2, 0.25) is 5.82 Å². The molecule has 446 valence electrons. The fraction of sp³-hybridized carbons (Fsp3) is 0.349. The predicted molar refractivity (Wildman–Crippen MR) is 296 cm³/mol. The van der Waals surface area contributed by atoms with Crippen LogP contribution >= 0.6 is 0 Å². The van der Waals surface area contributed by atoms with E-state index in [1.807, 2.05) is 0 Å².